The van der Waals surface area contributed by atoms with E-state index in [9.17, 15) is 9.18 Å². The lowest BCUT2D eigenvalue weighted by atomic mass is 10.2. The van der Waals surface area contributed by atoms with Gasteiger partial charge in [-0.3, -0.25) is 4.79 Å². The number of halogens is 1. The van der Waals surface area contributed by atoms with Crippen LogP contribution in [0.2, 0.25) is 0 Å². The summed E-state index contributed by atoms with van der Waals surface area (Å²) < 4.78 is 12.6. The van der Waals surface area contributed by atoms with Gasteiger partial charge in [0.1, 0.15) is 0 Å². The molecule has 0 bridgehead atoms. The molecule has 0 aliphatic carbocycles. The van der Waals surface area contributed by atoms with E-state index in [1.54, 1.807) is 6.07 Å². The van der Waals surface area contributed by atoms with Crippen LogP contribution in [0.15, 0.2) is 12.1 Å². The lowest BCUT2D eigenvalue weighted by Crippen LogP contribution is -2.03. The summed E-state index contributed by atoms with van der Waals surface area (Å²) in [4.78, 5) is 13.6. The molecule has 1 aromatic rings. The first kappa shape index (κ1) is 9.13. The molecule has 0 saturated carbocycles. The molecule has 1 N–H and O–H groups in total. The number of aliphatic carboxylic acids is 1. The van der Waals surface area contributed by atoms with Crippen molar-refractivity contribution in [2.75, 3.05) is 0 Å². The van der Waals surface area contributed by atoms with Crippen molar-refractivity contribution in [2.24, 2.45) is 0 Å². The second kappa shape index (κ2) is 3.63. The zero-order valence-electron chi connectivity index (χ0n) is 6.49. The van der Waals surface area contributed by atoms with E-state index in [-0.39, 0.29) is 17.7 Å². The van der Waals surface area contributed by atoms with E-state index < -0.39 is 11.9 Å². The first-order chi connectivity index (χ1) is 6.11. The van der Waals surface area contributed by atoms with Gasteiger partial charge in [0.05, 0.1) is 23.7 Å². The predicted molar refractivity (Wildman–Crippen MR) is 40.2 cm³/mol. The predicted octanol–water partition coefficient (Wildman–Crippen LogP) is 0.719. The maximum atomic E-state index is 12.6. The molecule has 1 rings (SSSR count). The number of nitrogens with zero attached hydrogens (tertiary/aromatic N) is 2. The fourth-order valence-electron chi connectivity index (χ4n) is 0.861. The number of nitriles is 1. The highest BCUT2D eigenvalue weighted by Gasteiger charge is 2.05. The maximum Gasteiger partial charge on any atom is 0.309 e. The second-order valence-corrected chi connectivity index (χ2v) is 2.35. The molecule has 0 amide bonds. The van der Waals surface area contributed by atoms with Gasteiger partial charge in [-0.05, 0) is 6.07 Å². The molecule has 13 heavy (non-hydrogen) atoms. The van der Waals surface area contributed by atoms with E-state index in [0.29, 0.717) is 0 Å². The Bertz CT molecular complexity index is 384. The quantitative estimate of drug-likeness (QED) is 0.680. The molecule has 0 fully saturated rings. The van der Waals surface area contributed by atoms with E-state index in [4.69, 9.17) is 10.4 Å². The molecular formula is C8H5FN2O2. The van der Waals surface area contributed by atoms with Gasteiger partial charge in [0.2, 0.25) is 5.95 Å². The van der Waals surface area contributed by atoms with Crippen molar-refractivity contribution >= 4 is 5.97 Å². The van der Waals surface area contributed by atoms with Crippen molar-refractivity contribution in [3.63, 3.8) is 0 Å². The number of rotatable bonds is 2. The molecule has 0 aromatic carbocycles. The topological polar surface area (TPSA) is 74.0 Å². The second-order valence-electron chi connectivity index (χ2n) is 2.35. The Balaban J connectivity index is 3.03. The lowest BCUT2D eigenvalue weighted by molar-refractivity contribution is -0.136. The van der Waals surface area contributed by atoms with Crippen LogP contribution in [0.25, 0.3) is 0 Å². The van der Waals surface area contributed by atoms with E-state index in [0.717, 1.165) is 6.07 Å². The van der Waals surface area contributed by atoms with Crippen LogP contribution in [-0.4, -0.2) is 16.1 Å². The van der Waals surface area contributed by atoms with Crippen LogP contribution >= 0.6 is 0 Å². The molecule has 0 aliphatic heterocycles. The van der Waals surface area contributed by atoms with Crippen molar-refractivity contribution in [1.82, 2.24) is 4.98 Å². The Hall–Kier alpha value is -1.96. The van der Waals surface area contributed by atoms with E-state index in [1.807, 2.05) is 0 Å². The minimum Gasteiger partial charge on any atom is -0.481 e. The molecule has 4 nitrogen and oxygen atoms in total. The van der Waals surface area contributed by atoms with Crippen LogP contribution < -0.4 is 0 Å². The number of carboxylic acid groups (broad SMARTS) is 1. The van der Waals surface area contributed by atoms with Crippen molar-refractivity contribution in [1.29, 1.82) is 5.26 Å². The summed E-state index contributed by atoms with van der Waals surface area (Å²) >= 11 is 0. The molecule has 0 atom stereocenters. The molecular weight excluding hydrogens is 175 g/mol. The third kappa shape index (κ3) is 2.52. The van der Waals surface area contributed by atoms with Crippen LogP contribution in [0.5, 0.6) is 0 Å². The molecule has 0 unspecified atom stereocenters. The van der Waals surface area contributed by atoms with Crippen LogP contribution in [0.1, 0.15) is 11.3 Å². The monoisotopic (exact) mass is 180 g/mol. The standard InChI is InChI=1S/C8H5FN2O2/c9-7-2-5(4-10)1-6(11-7)3-8(12)13/h1-2H,3H2,(H,12,13). The maximum absolute atomic E-state index is 12.6. The van der Waals surface area contributed by atoms with Gasteiger partial charge >= 0.3 is 5.97 Å². The summed E-state index contributed by atoms with van der Waals surface area (Å²) in [7, 11) is 0. The lowest BCUT2D eigenvalue weighted by Gasteiger charge is -1.96. The summed E-state index contributed by atoms with van der Waals surface area (Å²) in [6.07, 6.45) is -0.383. The number of hydrogen-bond donors (Lipinski definition) is 1. The molecule has 0 saturated heterocycles. The van der Waals surface area contributed by atoms with Crippen molar-refractivity contribution in [3.8, 4) is 6.07 Å². The summed E-state index contributed by atoms with van der Waals surface area (Å²) in [5.74, 6) is -1.95. The van der Waals surface area contributed by atoms with Crippen molar-refractivity contribution in [2.45, 2.75) is 6.42 Å². The van der Waals surface area contributed by atoms with E-state index in [1.165, 1.54) is 6.07 Å². The minimum atomic E-state index is -1.11. The van der Waals surface area contributed by atoms with E-state index in [2.05, 4.69) is 4.98 Å². The van der Waals surface area contributed by atoms with Crippen molar-refractivity contribution in [3.05, 3.63) is 29.3 Å². The Morgan fingerprint density at radius 1 is 1.69 bits per heavy atom. The third-order valence-electron chi connectivity index (χ3n) is 1.31. The average Bonchev–Trinajstić information content (AvgIpc) is 2.01. The van der Waals surface area contributed by atoms with Crippen LogP contribution in [0, 0.1) is 17.3 Å². The Kier molecular flexibility index (Phi) is 2.55. The highest BCUT2D eigenvalue weighted by atomic mass is 19.1. The molecule has 0 radical (unpaired) electrons. The molecule has 5 heteroatoms. The van der Waals surface area contributed by atoms with Gasteiger partial charge in [0, 0.05) is 6.07 Å². The summed E-state index contributed by atoms with van der Waals surface area (Å²) in [5.41, 5.74) is 0.118. The Morgan fingerprint density at radius 2 is 2.38 bits per heavy atom. The van der Waals surface area contributed by atoms with Gasteiger partial charge < -0.3 is 5.11 Å². The van der Waals surface area contributed by atoms with Crippen LogP contribution in [0.3, 0.4) is 0 Å². The average molecular weight is 180 g/mol. The first-order valence-electron chi connectivity index (χ1n) is 3.40. The number of carbonyl (C=O) groups is 1. The number of hydrogen-bond acceptors (Lipinski definition) is 3. The Morgan fingerprint density at radius 3 is 2.92 bits per heavy atom. The molecule has 1 aromatic heterocycles. The minimum absolute atomic E-state index is 0.0454. The van der Waals surface area contributed by atoms with Gasteiger partial charge in [-0.1, -0.05) is 0 Å². The zero-order valence-corrected chi connectivity index (χ0v) is 6.49. The number of pyridine rings is 1. The van der Waals surface area contributed by atoms with Gasteiger partial charge in [-0.25, -0.2) is 4.98 Å². The molecule has 1 heterocycles. The first-order valence-corrected chi connectivity index (χ1v) is 3.40. The summed E-state index contributed by atoms with van der Waals surface area (Å²) in [6, 6.07) is 3.91. The van der Waals surface area contributed by atoms with Gasteiger partial charge in [-0.15, -0.1) is 0 Å². The fourth-order valence-corrected chi connectivity index (χ4v) is 0.861. The van der Waals surface area contributed by atoms with Gasteiger partial charge in [-0.2, -0.15) is 9.65 Å². The molecule has 0 aliphatic rings. The fraction of sp³-hybridized carbons (Fsp3) is 0.125. The third-order valence-corrected chi connectivity index (χ3v) is 1.31. The smallest absolute Gasteiger partial charge is 0.309 e. The highest BCUT2D eigenvalue weighted by molar-refractivity contribution is 5.69. The molecule has 66 valence electrons. The number of aromatic nitrogens is 1. The van der Waals surface area contributed by atoms with Gasteiger partial charge in [0.25, 0.3) is 0 Å². The Labute approximate surface area is 73.3 Å². The van der Waals surface area contributed by atoms with Crippen LogP contribution in [0.4, 0.5) is 4.39 Å². The van der Waals surface area contributed by atoms with Crippen LogP contribution in [-0.2, 0) is 11.2 Å². The normalized spacial score (nSPS) is 9.23. The zero-order chi connectivity index (χ0) is 9.84. The van der Waals surface area contributed by atoms with Gasteiger partial charge in [0.15, 0.2) is 0 Å². The number of carboxylic acids is 1. The van der Waals surface area contributed by atoms with Crippen molar-refractivity contribution < 1.29 is 14.3 Å². The largest absolute Gasteiger partial charge is 0.481 e. The SMILES string of the molecule is N#Cc1cc(F)nc(CC(=O)O)c1. The summed E-state index contributed by atoms with van der Waals surface area (Å²) in [5, 5.41) is 16.8. The molecule has 0 spiro atoms. The summed E-state index contributed by atoms with van der Waals surface area (Å²) in [6.45, 7) is 0. The highest BCUT2D eigenvalue weighted by Crippen LogP contribution is 2.04. The van der Waals surface area contributed by atoms with E-state index >= 15 is 0 Å².